The zero-order valence-electron chi connectivity index (χ0n) is 16.3. The third kappa shape index (κ3) is 3.87. The second-order valence-corrected chi connectivity index (χ2v) is 6.88. The summed E-state index contributed by atoms with van der Waals surface area (Å²) < 4.78 is 7.31. The number of furan rings is 1. The molecule has 0 saturated carbocycles. The Labute approximate surface area is 168 Å². The lowest BCUT2D eigenvalue weighted by Gasteiger charge is -2.07. The quantitative estimate of drug-likeness (QED) is 0.455. The molecule has 0 aliphatic heterocycles. The van der Waals surface area contributed by atoms with Crippen molar-refractivity contribution < 1.29 is 14.0 Å². The van der Waals surface area contributed by atoms with Gasteiger partial charge in [0.25, 0.3) is 5.91 Å². The Morgan fingerprint density at radius 1 is 1.00 bits per heavy atom. The number of aryl methyl sites for hydroxylation is 1. The number of nitrogens with one attached hydrogen (secondary N) is 2. The van der Waals surface area contributed by atoms with Crippen LogP contribution in [0, 0.1) is 0 Å². The molecule has 0 unspecified atom stereocenters. The molecule has 2 N–H and O–H groups in total. The zero-order valence-corrected chi connectivity index (χ0v) is 16.3. The fraction of sp³-hybridized carbons (Fsp3) is 0.217. The van der Waals surface area contributed by atoms with Gasteiger partial charge in [0.05, 0.1) is 6.26 Å². The SMILES string of the molecule is CCn1c2ccccc2c2cc(NC(=O)CCCNC(=O)c3ccco3)ccc21. The Morgan fingerprint density at radius 3 is 2.62 bits per heavy atom. The third-order valence-corrected chi connectivity index (χ3v) is 4.98. The maximum atomic E-state index is 12.3. The number of rotatable bonds is 7. The molecule has 0 bridgehead atoms. The van der Waals surface area contributed by atoms with Crippen LogP contribution in [-0.4, -0.2) is 22.9 Å². The van der Waals surface area contributed by atoms with Crippen molar-refractivity contribution >= 4 is 39.3 Å². The van der Waals surface area contributed by atoms with Gasteiger partial charge in [-0.05, 0) is 49.7 Å². The molecule has 0 aliphatic rings. The number of aromatic nitrogens is 1. The van der Waals surface area contributed by atoms with Crippen molar-refractivity contribution in [2.75, 3.05) is 11.9 Å². The number of hydrogen-bond donors (Lipinski definition) is 2. The molecule has 0 fully saturated rings. The van der Waals surface area contributed by atoms with Gasteiger partial charge in [-0.3, -0.25) is 9.59 Å². The minimum atomic E-state index is -0.270. The molecule has 29 heavy (non-hydrogen) atoms. The second kappa shape index (κ2) is 8.22. The van der Waals surface area contributed by atoms with Gasteiger partial charge in [0.15, 0.2) is 5.76 Å². The minimum Gasteiger partial charge on any atom is -0.459 e. The number of nitrogens with zero attached hydrogens (tertiary/aromatic N) is 1. The molecule has 4 rings (SSSR count). The van der Waals surface area contributed by atoms with Crippen LogP contribution in [0.15, 0.2) is 65.3 Å². The van der Waals surface area contributed by atoms with Gasteiger partial charge in [-0.2, -0.15) is 0 Å². The summed E-state index contributed by atoms with van der Waals surface area (Å²) in [4.78, 5) is 24.1. The smallest absolute Gasteiger partial charge is 0.286 e. The number of carbonyl (C=O) groups is 2. The topological polar surface area (TPSA) is 76.3 Å². The zero-order chi connectivity index (χ0) is 20.2. The maximum Gasteiger partial charge on any atom is 0.286 e. The molecule has 6 heteroatoms. The van der Waals surface area contributed by atoms with Crippen molar-refractivity contribution in [3.05, 3.63) is 66.6 Å². The number of amides is 2. The number of hydrogen-bond acceptors (Lipinski definition) is 3. The van der Waals surface area contributed by atoms with Gasteiger partial charge in [-0.15, -0.1) is 0 Å². The van der Waals surface area contributed by atoms with E-state index in [4.69, 9.17) is 4.42 Å². The molecule has 0 aliphatic carbocycles. The van der Waals surface area contributed by atoms with Gasteiger partial charge in [0.1, 0.15) is 0 Å². The molecule has 2 aromatic carbocycles. The monoisotopic (exact) mass is 389 g/mol. The van der Waals surface area contributed by atoms with Crippen LogP contribution in [0.2, 0.25) is 0 Å². The normalized spacial score (nSPS) is 11.1. The lowest BCUT2D eigenvalue weighted by molar-refractivity contribution is -0.116. The number of anilines is 1. The highest BCUT2D eigenvalue weighted by Gasteiger charge is 2.11. The van der Waals surface area contributed by atoms with Crippen molar-refractivity contribution in [3.63, 3.8) is 0 Å². The first kappa shape index (κ1) is 18.8. The van der Waals surface area contributed by atoms with Crippen molar-refractivity contribution in [1.82, 2.24) is 9.88 Å². The van der Waals surface area contributed by atoms with E-state index in [1.807, 2.05) is 24.3 Å². The molecule has 0 radical (unpaired) electrons. The summed E-state index contributed by atoms with van der Waals surface area (Å²) in [5.41, 5.74) is 3.13. The van der Waals surface area contributed by atoms with Crippen LogP contribution < -0.4 is 10.6 Å². The Kier molecular flexibility index (Phi) is 5.33. The highest BCUT2D eigenvalue weighted by Crippen LogP contribution is 2.31. The van der Waals surface area contributed by atoms with Crippen LogP contribution in [0.25, 0.3) is 21.8 Å². The first-order valence-corrected chi connectivity index (χ1v) is 9.80. The van der Waals surface area contributed by atoms with Crippen LogP contribution in [-0.2, 0) is 11.3 Å². The molecular formula is C23H23N3O3. The first-order valence-electron chi connectivity index (χ1n) is 9.80. The average Bonchev–Trinajstić information content (AvgIpc) is 3.37. The van der Waals surface area contributed by atoms with Crippen LogP contribution in [0.5, 0.6) is 0 Å². The number of carbonyl (C=O) groups excluding carboxylic acids is 2. The lowest BCUT2D eigenvalue weighted by atomic mass is 10.1. The van der Waals surface area contributed by atoms with Gasteiger partial charge in [-0.1, -0.05) is 18.2 Å². The summed E-state index contributed by atoms with van der Waals surface area (Å²) in [6.07, 6.45) is 2.33. The highest BCUT2D eigenvalue weighted by atomic mass is 16.3. The van der Waals surface area contributed by atoms with Crippen molar-refractivity contribution in [2.24, 2.45) is 0 Å². The van der Waals surface area contributed by atoms with Crippen LogP contribution in [0.3, 0.4) is 0 Å². The van der Waals surface area contributed by atoms with E-state index in [-0.39, 0.29) is 17.6 Å². The molecule has 4 aromatic rings. The fourth-order valence-corrected chi connectivity index (χ4v) is 3.64. The Morgan fingerprint density at radius 2 is 1.83 bits per heavy atom. The molecular weight excluding hydrogens is 366 g/mol. The number of para-hydroxylation sites is 1. The fourth-order valence-electron chi connectivity index (χ4n) is 3.64. The van der Waals surface area contributed by atoms with E-state index in [1.165, 1.54) is 17.2 Å². The van der Waals surface area contributed by atoms with Gasteiger partial charge >= 0.3 is 0 Å². The Hall–Kier alpha value is -3.54. The van der Waals surface area contributed by atoms with Gasteiger partial charge in [0, 0.05) is 47.0 Å². The second-order valence-electron chi connectivity index (χ2n) is 6.88. The van der Waals surface area contributed by atoms with Crippen molar-refractivity contribution in [3.8, 4) is 0 Å². The summed E-state index contributed by atoms with van der Waals surface area (Å²) in [5, 5.41) is 8.02. The summed E-state index contributed by atoms with van der Waals surface area (Å²) in [5.74, 6) is -0.0713. The molecule has 0 spiro atoms. The maximum absolute atomic E-state index is 12.3. The summed E-state index contributed by atoms with van der Waals surface area (Å²) in [6.45, 7) is 3.43. The standard InChI is InChI=1S/C23H23N3O3/c1-2-26-19-8-4-3-7-17(19)18-15-16(11-12-20(18)26)25-22(27)10-5-13-24-23(28)21-9-6-14-29-21/h3-4,6-9,11-12,14-15H,2,5,10,13H2,1H3,(H,24,28)(H,25,27). The largest absolute Gasteiger partial charge is 0.459 e. The van der Waals surface area contributed by atoms with Crippen LogP contribution >= 0.6 is 0 Å². The molecule has 2 aromatic heterocycles. The lowest BCUT2D eigenvalue weighted by Crippen LogP contribution is -2.25. The number of benzene rings is 2. The summed E-state index contributed by atoms with van der Waals surface area (Å²) in [6, 6.07) is 17.6. The Balaban J connectivity index is 1.38. The molecule has 0 atom stereocenters. The average molecular weight is 389 g/mol. The van der Waals surface area contributed by atoms with Crippen LogP contribution in [0.4, 0.5) is 5.69 Å². The van der Waals surface area contributed by atoms with Gasteiger partial charge in [-0.25, -0.2) is 0 Å². The predicted octanol–water partition coefficient (Wildman–Crippen LogP) is 4.56. The van der Waals surface area contributed by atoms with Gasteiger partial charge in [0.2, 0.25) is 5.91 Å². The van der Waals surface area contributed by atoms with Crippen molar-refractivity contribution in [2.45, 2.75) is 26.3 Å². The Bertz CT molecular complexity index is 1160. The summed E-state index contributed by atoms with van der Waals surface area (Å²) in [7, 11) is 0. The van der Waals surface area contributed by atoms with E-state index in [0.717, 1.165) is 23.1 Å². The van der Waals surface area contributed by atoms with E-state index in [9.17, 15) is 9.59 Å². The molecule has 0 saturated heterocycles. The van der Waals surface area contributed by atoms with Crippen molar-refractivity contribution in [1.29, 1.82) is 0 Å². The van der Waals surface area contributed by atoms with E-state index >= 15 is 0 Å². The summed E-state index contributed by atoms with van der Waals surface area (Å²) >= 11 is 0. The van der Waals surface area contributed by atoms with E-state index in [2.05, 4.69) is 40.3 Å². The molecule has 2 heterocycles. The van der Waals surface area contributed by atoms with E-state index in [1.54, 1.807) is 12.1 Å². The van der Waals surface area contributed by atoms with Crippen LogP contribution in [0.1, 0.15) is 30.3 Å². The predicted molar refractivity (Wildman–Crippen MR) is 114 cm³/mol. The molecule has 2 amide bonds. The third-order valence-electron chi connectivity index (χ3n) is 4.98. The molecule has 148 valence electrons. The molecule has 6 nitrogen and oxygen atoms in total. The minimum absolute atomic E-state index is 0.0733. The van der Waals surface area contributed by atoms with Gasteiger partial charge < -0.3 is 19.6 Å². The van der Waals surface area contributed by atoms with E-state index < -0.39 is 0 Å². The first-order chi connectivity index (χ1) is 14.2. The highest BCUT2D eigenvalue weighted by molar-refractivity contribution is 6.09. The van der Waals surface area contributed by atoms with E-state index in [0.29, 0.717) is 19.4 Å². The number of fused-ring (bicyclic) bond motifs is 3.